The van der Waals surface area contributed by atoms with Crippen LogP contribution in [0.25, 0.3) is 10.2 Å². The molecule has 0 spiro atoms. The van der Waals surface area contributed by atoms with Crippen LogP contribution in [0.4, 0.5) is 5.82 Å². The molecule has 4 nitrogen and oxygen atoms in total. The van der Waals surface area contributed by atoms with Crippen molar-refractivity contribution in [3.63, 3.8) is 0 Å². The van der Waals surface area contributed by atoms with Crippen molar-refractivity contribution in [3.8, 4) is 0 Å². The number of fused-ring (bicyclic) bond motifs is 1. The summed E-state index contributed by atoms with van der Waals surface area (Å²) in [6.07, 6.45) is 2.61. The number of hydrogen-bond acceptors (Lipinski definition) is 5. The summed E-state index contributed by atoms with van der Waals surface area (Å²) < 4.78 is 6.43. The molecule has 0 aliphatic heterocycles. The lowest BCUT2D eigenvalue weighted by Crippen LogP contribution is -2.07. The smallest absolute Gasteiger partial charge is 0.147 e. The Morgan fingerprint density at radius 2 is 2.29 bits per heavy atom. The fraction of sp³-hybridized carbons (Fsp3) is 0.500. The van der Waals surface area contributed by atoms with E-state index in [9.17, 15) is 0 Å². The van der Waals surface area contributed by atoms with Gasteiger partial charge in [0, 0.05) is 19.8 Å². The number of rotatable bonds is 6. The summed E-state index contributed by atoms with van der Waals surface area (Å²) in [5.74, 6) is 0.935. The van der Waals surface area contributed by atoms with E-state index in [0.29, 0.717) is 0 Å². The molecule has 2 aromatic heterocycles. The first-order valence-electron chi connectivity index (χ1n) is 5.83. The summed E-state index contributed by atoms with van der Waals surface area (Å²) in [4.78, 5) is 8.58. The second kappa shape index (κ2) is 5.93. The Kier molecular flexibility index (Phi) is 4.28. The van der Waals surface area contributed by atoms with Gasteiger partial charge in [0.2, 0.25) is 0 Å². The number of aromatic nitrogens is 2. The standard InChI is InChI=1S/C12H17N3OS/c1-3-16-6-4-5-13-12-11-10(14-8-15-12)9(2)7-17-11/h7-8H,3-6H2,1-2H3,(H,13,14,15). The van der Waals surface area contributed by atoms with Crippen LogP contribution in [-0.2, 0) is 4.74 Å². The first-order valence-corrected chi connectivity index (χ1v) is 6.71. The topological polar surface area (TPSA) is 47.0 Å². The van der Waals surface area contributed by atoms with Crippen molar-refractivity contribution in [1.29, 1.82) is 0 Å². The van der Waals surface area contributed by atoms with Gasteiger partial charge in [-0.2, -0.15) is 0 Å². The molecule has 0 aliphatic rings. The van der Waals surface area contributed by atoms with Crippen LogP contribution in [0.15, 0.2) is 11.7 Å². The van der Waals surface area contributed by atoms with E-state index in [-0.39, 0.29) is 0 Å². The molecule has 0 atom stereocenters. The molecule has 0 bridgehead atoms. The quantitative estimate of drug-likeness (QED) is 0.802. The molecule has 0 fully saturated rings. The highest BCUT2D eigenvalue weighted by Crippen LogP contribution is 2.28. The molecule has 0 saturated heterocycles. The molecule has 2 rings (SSSR count). The molecule has 92 valence electrons. The second-order valence-electron chi connectivity index (χ2n) is 3.80. The highest BCUT2D eigenvalue weighted by Gasteiger charge is 2.06. The lowest BCUT2D eigenvalue weighted by Gasteiger charge is -2.06. The van der Waals surface area contributed by atoms with E-state index >= 15 is 0 Å². The molecule has 2 aromatic rings. The summed E-state index contributed by atoms with van der Waals surface area (Å²) >= 11 is 1.69. The van der Waals surface area contributed by atoms with Crippen LogP contribution in [0.3, 0.4) is 0 Å². The van der Waals surface area contributed by atoms with Gasteiger partial charge in [0.25, 0.3) is 0 Å². The molecule has 0 radical (unpaired) electrons. The largest absolute Gasteiger partial charge is 0.382 e. The van der Waals surface area contributed by atoms with Gasteiger partial charge in [-0.25, -0.2) is 9.97 Å². The van der Waals surface area contributed by atoms with E-state index in [1.165, 1.54) is 5.56 Å². The minimum Gasteiger partial charge on any atom is -0.382 e. The van der Waals surface area contributed by atoms with Crippen LogP contribution in [0, 0.1) is 6.92 Å². The molecule has 0 aromatic carbocycles. The highest BCUT2D eigenvalue weighted by molar-refractivity contribution is 7.18. The molecule has 1 N–H and O–H groups in total. The summed E-state index contributed by atoms with van der Waals surface area (Å²) in [7, 11) is 0. The third kappa shape index (κ3) is 2.92. The van der Waals surface area contributed by atoms with Crippen LogP contribution >= 0.6 is 11.3 Å². The maximum atomic E-state index is 5.29. The number of hydrogen-bond donors (Lipinski definition) is 1. The Labute approximate surface area is 105 Å². The number of anilines is 1. The van der Waals surface area contributed by atoms with Crippen molar-refractivity contribution in [2.24, 2.45) is 0 Å². The van der Waals surface area contributed by atoms with Gasteiger partial charge in [-0.15, -0.1) is 11.3 Å². The van der Waals surface area contributed by atoms with Crippen molar-refractivity contribution in [2.75, 3.05) is 25.1 Å². The lowest BCUT2D eigenvalue weighted by atomic mass is 10.3. The molecular weight excluding hydrogens is 234 g/mol. The van der Waals surface area contributed by atoms with Crippen LogP contribution in [-0.4, -0.2) is 29.7 Å². The summed E-state index contributed by atoms with van der Waals surface area (Å²) in [6.45, 7) is 6.53. The molecule has 0 unspecified atom stereocenters. The fourth-order valence-electron chi connectivity index (χ4n) is 1.62. The first kappa shape index (κ1) is 12.3. The molecule has 5 heteroatoms. The van der Waals surface area contributed by atoms with Crippen molar-refractivity contribution in [1.82, 2.24) is 9.97 Å². The van der Waals surface area contributed by atoms with Gasteiger partial charge in [-0.1, -0.05) is 0 Å². The Balaban J connectivity index is 1.99. The van der Waals surface area contributed by atoms with Gasteiger partial charge in [-0.3, -0.25) is 0 Å². The summed E-state index contributed by atoms with van der Waals surface area (Å²) in [6, 6.07) is 0. The van der Waals surface area contributed by atoms with Crippen molar-refractivity contribution in [3.05, 3.63) is 17.3 Å². The maximum absolute atomic E-state index is 5.29. The van der Waals surface area contributed by atoms with Crippen molar-refractivity contribution in [2.45, 2.75) is 20.3 Å². The van der Waals surface area contributed by atoms with Crippen LogP contribution in [0.2, 0.25) is 0 Å². The molecule has 0 saturated carbocycles. The average Bonchev–Trinajstić information content (AvgIpc) is 2.72. The van der Waals surface area contributed by atoms with Crippen molar-refractivity contribution < 1.29 is 4.74 Å². The van der Waals surface area contributed by atoms with E-state index in [0.717, 1.165) is 42.2 Å². The van der Waals surface area contributed by atoms with Gasteiger partial charge in [0.05, 0.1) is 10.2 Å². The SMILES string of the molecule is CCOCCCNc1ncnc2c(C)csc12. The number of nitrogens with zero attached hydrogens (tertiary/aromatic N) is 2. The van der Waals surface area contributed by atoms with E-state index in [2.05, 4.69) is 27.6 Å². The second-order valence-corrected chi connectivity index (χ2v) is 4.68. The highest BCUT2D eigenvalue weighted by atomic mass is 32.1. The predicted molar refractivity (Wildman–Crippen MR) is 71.8 cm³/mol. The Hall–Kier alpha value is -1.20. The van der Waals surface area contributed by atoms with E-state index in [4.69, 9.17) is 4.74 Å². The summed E-state index contributed by atoms with van der Waals surface area (Å²) in [5, 5.41) is 5.45. The minimum atomic E-state index is 0.780. The van der Waals surface area contributed by atoms with Crippen LogP contribution in [0.1, 0.15) is 18.9 Å². The lowest BCUT2D eigenvalue weighted by molar-refractivity contribution is 0.147. The maximum Gasteiger partial charge on any atom is 0.147 e. The number of ether oxygens (including phenoxy) is 1. The zero-order valence-electron chi connectivity index (χ0n) is 10.2. The molecular formula is C12H17N3OS. The minimum absolute atomic E-state index is 0.780. The average molecular weight is 251 g/mol. The third-order valence-electron chi connectivity index (χ3n) is 2.49. The van der Waals surface area contributed by atoms with Gasteiger partial charge in [0.15, 0.2) is 0 Å². The predicted octanol–water partition coefficient (Wildman–Crippen LogP) is 2.84. The van der Waals surface area contributed by atoms with E-state index < -0.39 is 0 Å². The van der Waals surface area contributed by atoms with Crippen LogP contribution < -0.4 is 5.32 Å². The zero-order valence-corrected chi connectivity index (χ0v) is 11.0. The Bertz CT molecular complexity index is 484. The van der Waals surface area contributed by atoms with Crippen molar-refractivity contribution >= 4 is 27.4 Å². The number of thiophene rings is 1. The number of nitrogens with one attached hydrogen (secondary N) is 1. The fourth-order valence-corrected chi connectivity index (χ4v) is 2.59. The molecule has 0 aliphatic carbocycles. The monoisotopic (exact) mass is 251 g/mol. The number of aryl methyl sites for hydroxylation is 1. The normalized spacial score (nSPS) is 10.9. The van der Waals surface area contributed by atoms with Gasteiger partial charge in [0.1, 0.15) is 12.1 Å². The molecule has 17 heavy (non-hydrogen) atoms. The molecule has 0 amide bonds. The first-order chi connectivity index (χ1) is 8.33. The van der Waals surface area contributed by atoms with Gasteiger partial charge in [-0.05, 0) is 31.2 Å². The van der Waals surface area contributed by atoms with Gasteiger partial charge >= 0.3 is 0 Å². The Morgan fingerprint density at radius 1 is 1.41 bits per heavy atom. The Morgan fingerprint density at radius 3 is 3.12 bits per heavy atom. The van der Waals surface area contributed by atoms with E-state index in [1.807, 2.05) is 6.92 Å². The third-order valence-corrected chi connectivity index (χ3v) is 3.59. The van der Waals surface area contributed by atoms with Gasteiger partial charge < -0.3 is 10.1 Å². The van der Waals surface area contributed by atoms with E-state index in [1.54, 1.807) is 17.7 Å². The summed E-state index contributed by atoms with van der Waals surface area (Å²) in [5.41, 5.74) is 2.27. The molecule has 2 heterocycles. The van der Waals surface area contributed by atoms with Crippen LogP contribution in [0.5, 0.6) is 0 Å². The zero-order chi connectivity index (χ0) is 12.1.